The lowest BCUT2D eigenvalue weighted by atomic mass is 10.2. The molecule has 0 aromatic heterocycles. The molecule has 3 heteroatoms. The average Bonchev–Trinajstić information content (AvgIpc) is 2.29. The minimum atomic E-state index is 0.765. The average molecular weight is 257 g/mol. The standard InChI is InChI=1S/C15H35N3/c1-6-10-18(13-12-17(4)5)11-8-7-9-16-14-15(2)3/h15-16H,6-14H2,1-5H3. The lowest BCUT2D eigenvalue weighted by Gasteiger charge is -2.23. The summed E-state index contributed by atoms with van der Waals surface area (Å²) in [4.78, 5) is 4.87. The summed E-state index contributed by atoms with van der Waals surface area (Å²) in [6.07, 6.45) is 3.88. The third-order valence-electron chi connectivity index (χ3n) is 3.03. The highest BCUT2D eigenvalue weighted by Gasteiger charge is 2.03. The van der Waals surface area contributed by atoms with Gasteiger partial charge in [0.2, 0.25) is 0 Å². The van der Waals surface area contributed by atoms with Crippen molar-refractivity contribution in [3.05, 3.63) is 0 Å². The predicted octanol–water partition coefficient (Wildman–Crippen LogP) is 2.29. The minimum Gasteiger partial charge on any atom is -0.316 e. The molecule has 0 rings (SSSR count). The Morgan fingerprint density at radius 1 is 0.944 bits per heavy atom. The van der Waals surface area contributed by atoms with Gasteiger partial charge >= 0.3 is 0 Å². The molecule has 3 nitrogen and oxygen atoms in total. The second kappa shape index (κ2) is 11.9. The summed E-state index contributed by atoms with van der Waals surface area (Å²) in [6, 6.07) is 0. The highest BCUT2D eigenvalue weighted by molar-refractivity contribution is 4.60. The molecule has 1 N–H and O–H groups in total. The van der Waals surface area contributed by atoms with Crippen LogP contribution in [0.2, 0.25) is 0 Å². The number of likely N-dealkylation sites (N-methyl/N-ethyl adjacent to an activating group) is 1. The first-order chi connectivity index (χ1) is 8.56. The zero-order valence-electron chi connectivity index (χ0n) is 13.3. The van der Waals surface area contributed by atoms with Crippen LogP contribution in [0.5, 0.6) is 0 Å². The van der Waals surface area contributed by atoms with Crippen molar-refractivity contribution in [3.63, 3.8) is 0 Å². The van der Waals surface area contributed by atoms with E-state index in [9.17, 15) is 0 Å². The lowest BCUT2D eigenvalue weighted by molar-refractivity contribution is 0.237. The molecule has 0 spiro atoms. The van der Waals surface area contributed by atoms with Crippen molar-refractivity contribution in [1.29, 1.82) is 0 Å². The third-order valence-corrected chi connectivity index (χ3v) is 3.03. The summed E-state index contributed by atoms with van der Waals surface area (Å²) >= 11 is 0. The summed E-state index contributed by atoms with van der Waals surface area (Å²) in [5.74, 6) is 0.765. The van der Waals surface area contributed by atoms with Gasteiger partial charge < -0.3 is 15.1 Å². The molecule has 0 aliphatic heterocycles. The van der Waals surface area contributed by atoms with E-state index in [1.165, 1.54) is 52.0 Å². The number of nitrogens with one attached hydrogen (secondary N) is 1. The van der Waals surface area contributed by atoms with E-state index < -0.39 is 0 Å². The van der Waals surface area contributed by atoms with E-state index >= 15 is 0 Å². The maximum Gasteiger partial charge on any atom is 0.0109 e. The van der Waals surface area contributed by atoms with E-state index in [1.54, 1.807) is 0 Å². The van der Waals surface area contributed by atoms with Crippen LogP contribution >= 0.6 is 0 Å². The predicted molar refractivity (Wildman–Crippen MR) is 82.2 cm³/mol. The Morgan fingerprint density at radius 3 is 2.22 bits per heavy atom. The van der Waals surface area contributed by atoms with Crippen LogP contribution in [0.15, 0.2) is 0 Å². The van der Waals surface area contributed by atoms with Crippen molar-refractivity contribution in [3.8, 4) is 0 Å². The number of nitrogens with zero attached hydrogens (tertiary/aromatic N) is 2. The fourth-order valence-corrected chi connectivity index (χ4v) is 1.97. The van der Waals surface area contributed by atoms with E-state index in [-0.39, 0.29) is 0 Å². The molecule has 0 fully saturated rings. The van der Waals surface area contributed by atoms with Crippen molar-refractivity contribution in [1.82, 2.24) is 15.1 Å². The van der Waals surface area contributed by atoms with Gasteiger partial charge in [-0.25, -0.2) is 0 Å². The van der Waals surface area contributed by atoms with Crippen LogP contribution in [-0.2, 0) is 0 Å². The molecule has 0 aromatic rings. The van der Waals surface area contributed by atoms with Gasteiger partial charge in [-0.2, -0.15) is 0 Å². The fraction of sp³-hybridized carbons (Fsp3) is 1.00. The van der Waals surface area contributed by atoms with Crippen LogP contribution in [0.1, 0.15) is 40.0 Å². The Morgan fingerprint density at radius 2 is 1.67 bits per heavy atom. The zero-order chi connectivity index (χ0) is 13.8. The number of hydrogen-bond acceptors (Lipinski definition) is 3. The van der Waals surface area contributed by atoms with E-state index in [1.807, 2.05) is 0 Å². The van der Waals surface area contributed by atoms with Crippen molar-refractivity contribution in [2.24, 2.45) is 5.92 Å². The van der Waals surface area contributed by atoms with Crippen molar-refractivity contribution in [2.45, 2.75) is 40.0 Å². The van der Waals surface area contributed by atoms with Gasteiger partial charge in [0.15, 0.2) is 0 Å². The summed E-state index contributed by atoms with van der Waals surface area (Å²) in [7, 11) is 4.31. The van der Waals surface area contributed by atoms with Gasteiger partial charge in [-0.05, 0) is 65.5 Å². The normalized spacial score (nSPS) is 12.0. The number of rotatable bonds is 12. The minimum absolute atomic E-state index is 0.765. The third kappa shape index (κ3) is 12.3. The molecule has 0 saturated heterocycles. The molecule has 0 bridgehead atoms. The molecule has 0 heterocycles. The molecule has 0 unspecified atom stereocenters. The largest absolute Gasteiger partial charge is 0.316 e. The summed E-state index contributed by atoms with van der Waals surface area (Å²) in [5, 5.41) is 3.51. The molecular formula is C15H35N3. The molecule has 0 radical (unpaired) electrons. The highest BCUT2D eigenvalue weighted by atomic mass is 15.2. The molecule has 110 valence electrons. The fourth-order valence-electron chi connectivity index (χ4n) is 1.97. The molecular weight excluding hydrogens is 222 g/mol. The topological polar surface area (TPSA) is 18.5 Å². The van der Waals surface area contributed by atoms with Gasteiger partial charge in [0, 0.05) is 13.1 Å². The smallest absolute Gasteiger partial charge is 0.0109 e. The summed E-state index contributed by atoms with van der Waals surface area (Å²) in [5.41, 5.74) is 0. The maximum absolute atomic E-state index is 3.51. The SMILES string of the molecule is CCCN(CCCCNCC(C)C)CCN(C)C. The second-order valence-corrected chi connectivity index (χ2v) is 5.95. The first-order valence-electron chi connectivity index (χ1n) is 7.64. The van der Waals surface area contributed by atoms with E-state index in [0.29, 0.717) is 0 Å². The van der Waals surface area contributed by atoms with Crippen molar-refractivity contribution in [2.75, 3.05) is 53.4 Å². The Kier molecular flexibility index (Phi) is 11.9. The van der Waals surface area contributed by atoms with Gasteiger partial charge in [0.05, 0.1) is 0 Å². The Balaban J connectivity index is 3.51. The van der Waals surface area contributed by atoms with Crippen LogP contribution in [0, 0.1) is 5.92 Å². The first kappa shape index (κ1) is 17.9. The van der Waals surface area contributed by atoms with E-state index in [0.717, 1.165) is 12.5 Å². The van der Waals surface area contributed by atoms with Crippen molar-refractivity contribution >= 4 is 0 Å². The van der Waals surface area contributed by atoms with Gasteiger partial charge in [-0.3, -0.25) is 0 Å². The molecule has 0 saturated carbocycles. The summed E-state index contributed by atoms with van der Waals surface area (Å²) in [6.45, 7) is 14.0. The monoisotopic (exact) mass is 257 g/mol. The Hall–Kier alpha value is -0.120. The number of hydrogen-bond donors (Lipinski definition) is 1. The first-order valence-corrected chi connectivity index (χ1v) is 7.64. The highest BCUT2D eigenvalue weighted by Crippen LogP contribution is 1.97. The molecule has 0 aromatic carbocycles. The van der Waals surface area contributed by atoms with Crippen molar-refractivity contribution < 1.29 is 0 Å². The van der Waals surface area contributed by atoms with Crippen LogP contribution in [-0.4, -0.2) is 63.2 Å². The Bertz CT molecular complexity index is 169. The molecule has 0 aliphatic carbocycles. The zero-order valence-corrected chi connectivity index (χ0v) is 13.3. The molecule has 0 amide bonds. The van der Waals surface area contributed by atoms with Crippen LogP contribution in [0.4, 0.5) is 0 Å². The molecule has 18 heavy (non-hydrogen) atoms. The second-order valence-electron chi connectivity index (χ2n) is 5.95. The van der Waals surface area contributed by atoms with Crippen LogP contribution in [0.3, 0.4) is 0 Å². The van der Waals surface area contributed by atoms with Crippen LogP contribution < -0.4 is 5.32 Å². The Labute approximate surface area is 115 Å². The van der Waals surface area contributed by atoms with E-state index in [2.05, 4.69) is 50.0 Å². The maximum atomic E-state index is 3.51. The number of unbranched alkanes of at least 4 members (excludes halogenated alkanes) is 1. The van der Waals surface area contributed by atoms with E-state index in [4.69, 9.17) is 0 Å². The van der Waals surface area contributed by atoms with Gasteiger partial charge in [-0.15, -0.1) is 0 Å². The van der Waals surface area contributed by atoms with Gasteiger partial charge in [-0.1, -0.05) is 20.8 Å². The van der Waals surface area contributed by atoms with Crippen LogP contribution in [0.25, 0.3) is 0 Å². The lowest BCUT2D eigenvalue weighted by Crippen LogP contribution is -2.33. The van der Waals surface area contributed by atoms with Gasteiger partial charge in [0.25, 0.3) is 0 Å². The quantitative estimate of drug-likeness (QED) is 0.541. The summed E-state index contributed by atoms with van der Waals surface area (Å²) < 4.78 is 0. The molecule has 0 atom stereocenters. The van der Waals surface area contributed by atoms with Gasteiger partial charge in [0.1, 0.15) is 0 Å². The molecule has 0 aliphatic rings.